The zero-order valence-corrected chi connectivity index (χ0v) is 62.4. The van der Waals surface area contributed by atoms with Crippen LogP contribution in [0.15, 0.2) is 109 Å². The van der Waals surface area contributed by atoms with Gasteiger partial charge in [-0.25, -0.2) is 14.4 Å². The van der Waals surface area contributed by atoms with Gasteiger partial charge in [0, 0.05) is 134 Å². The first-order valence-corrected chi connectivity index (χ1v) is 34.7. The first-order valence-electron chi connectivity index (χ1n) is 33.6. The average Bonchev–Trinajstić information content (AvgIpc) is 1.54. The normalized spacial score (nSPS) is 22.0. The van der Waals surface area contributed by atoms with Gasteiger partial charge in [-0.05, 0) is 91.2 Å². The second kappa shape index (κ2) is 33.1. The van der Waals surface area contributed by atoms with E-state index in [0.29, 0.717) is 55.5 Å². The van der Waals surface area contributed by atoms with Crippen molar-refractivity contribution in [1.29, 1.82) is 0 Å². The molecule has 108 heavy (non-hydrogen) atoms. The van der Waals surface area contributed by atoms with Gasteiger partial charge in [0.05, 0.1) is 25.6 Å². The number of hydrogen-bond acceptors (Lipinski definition) is 25. The summed E-state index contributed by atoms with van der Waals surface area (Å²) in [6.45, 7) is 12.3. The van der Waals surface area contributed by atoms with Crippen molar-refractivity contribution in [3.05, 3.63) is 132 Å². The van der Waals surface area contributed by atoms with Gasteiger partial charge in [-0.3, -0.25) is 43.7 Å². The number of benzene rings is 6. The fourth-order valence-corrected chi connectivity index (χ4v) is 14.1. The molecule has 3 amide bonds. The summed E-state index contributed by atoms with van der Waals surface area (Å²) in [6.07, 6.45) is -16.5. The van der Waals surface area contributed by atoms with Crippen molar-refractivity contribution >= 4 is 167 Å². The van der Waals surface area contributed by atoms with E-state index in [1.165, 1.54) is 0 Å². The summed E-state index contributed by atoms with van der Waals surface area (Å²) in [5.41, 5.74) is 10.8. The minimum atomic E-state index is -1.68. The molecule has 12 rings (SSSR count). The van der Waals surface area contributed by atoms with Gasteiger partial charge >= 0.3 is 53.8 Å². The maximum atomic E-state index is 14.4. The minimum absolute atomic E-state index is 0. The van der Waals surface area contributed by atoms with Crippen LogP contribution in [0.1, 0.15) is 106 Å². The minimum Gasteiger partial charge on any atom is -0.467 e. The number of nitrogen functional groups attached to an aromatic ring is 1. The third-order valence-corrected chi connectivity index (χ3v) is 18.4. The molecule has 0 radical (unpaired) electrons. The molecule has 5 N–H and O–H groups in total. The Balaban J connectivity index is 0.000000230. The molecule has 2 fully saturated rings. The zero-order chi connectivity index (χ0) is 77.2. The van der Waals surface area contributed by atoms with Crippen LogP contribution in [0.2, 0.25) is 0 Å². The summed E-state index contributed by atoms with van der Waals surface area (Å²) in [5.74, 6) is -7.44. The molecular weight excluding hydrogens is 1480 g/mol. The van der Waals surface area contributed by atoms with Crippen LogP contribution in [0, 0.1) is 0 Å². The molecule has 30 nitrogen and oxygen atoms in total. The van der Waals surface area contributed by atoms with Crippen LogP contribution in [0.5, 0.6) is 11.5 Å². The van der Waals surface area contributed by atoms with Crippen LogP contribution in [0.4, 0.5) is 27.5 Å². The van der Waals surface area contributed by atoms with Gasteiger partial charge in [0.1, 0.15) is 28.5 Å². The Hall–Kier alpha value is -10.9. The number of carbonyl (C=O) groups is 11. The molecular formula is C75H77Cl3N6O24. The fourth-order valence-electron chi connectivity index (χ4n) is 13.6. The lowest BCUT2D eigenvalue weighted by atomic mass is 9.95. The van der Waals surface area contributed by atoms with Gasteiger partial charge in [0.25, 0.3) is 11.8 Å². The van der Waals surface area contributed by atoms with Gasteiger partial charge in [0.15, 0.2) is 36.6 Å². The molecule has 0 spiro atoms. The second-order valence-electron chi connectivity index (χ2n) is 26.5. The number of aromatic nitrogens is 2. The summed E-state index contributed by atoms with van der Waals surface area (Å²) in [7, 11) is 2.19. The third-order valence-electron chi connectivity index (χ3n) is 17.6. The number of amides is 3. The van der Waals surface area contributed by atoms with E-state index in [9.17, 15) is 52.7 Å². The highest BCUT2D eigenvalue weighted by Gasteiger charge is 2.58. The number of carbonyl (C=O) groups excluding carboxylic acids is 11. The number of fused-ring (bicyclic) bond motifs is 8. The van der Waals surface area contributed by atoms with E-state index in [1.807, 2.05) is 24.3 Å². The van der Waals surface area contributed by atoms with Gasteiger partial charge in [-0.1, -0.05) is 48.5 Å². The largest absolute Gasteiger partial charge is 0.467 e. The van der Waals surface area contributed by atoms with Crippen LogP contribution in [0.25, 0.3) is 43.4 Å². The van der Waals surface area contributed by atoms with Crippen molar-refractivity contribution < 1.29 is 114 Å². The summed E-state index contributed by atoms with van der Waals surface area (Å²) < 4.78 is 73.0. The second-order valence-corrected chi connectivity index (χ2v) is 27.1. The molecule has 0 saturated carbocycles. The molecule has 572 valence electrons. The molecule has 8 aromatic rings. The quantitative estimate of drug-likeness (QED) is 0.0285. The number of halogens is 3. The summed E-state index contributed by atoms with van der Waals surface area (Å²) in [5, 5.41) is 6.69. The van der Waals surface area contributed by atoms with E-state index in [0.717, 1.165) is 83.2 Å². The Labute approximate surface area is 632 Å². The third kappa shape index (κ3) is 17.1. The Morgan fingerprint density at radius 1 is 0.500 bits per heavy atom. The van der Waals surface area contributed by atoms with Gasteiger partial charge < -0.3 is 87.1 Å². The number of hydrogen-bond donors (Lipinski definition) is 4. The molecule has 0 aliphatic carbocycles. The van der Waals surface area contributed by atoms with Crippen molar-refractivity contribution in [2.45, 2.75) is 141 Å². The molecule has 4 aliphatic heterocycles. The monoisotopic (exact) mass is 1550 g/mol. The van der Waals surface area contributed by atoms with E-state index in [4.69, 9.17) is 90.5 Å². The number of nitrogens with one attached hydrogen (secondary N) is 3. The highest BCUT2D eigenvalue weighted by atomic mass is 35.5. The maximum Gasteiger partial charge on any atom is 0.412 e. The number of nitrogens with two attached hydrogens (primary N) is 1. The first kappa shape index (κ1) is 79.6. The number of rotatable bonds is 17. The predicted molar refractivity (Wildman–Crippen MR) is 392 cm³/mol. The highest BCUT2D eigenvalue weighted by Crippen LogP contribution is 2.49. The SMILES string of the molecule is COC(=O)[C@H]1O[C@H](Oc2cc3c(c4ccccc24)[C@H](CCl)CN3C(=O)c2cc3cc(N)ccc3[nH]2)[C@H](OC(C)=O)[C@@H](OC(C)=O)[C@H]1OC(C)=O.COC(=O)[C@H]1O[C@H](Oc2cc3c(c4ccccc24)[C@H](CCl)CN3C(=O)c2cc3cc(NC(=O)OC(C)(C)C)ccc3[nH]2)[C@H](OC(C)=O)[C@@H](OC(C)=O)[C@H]1OC(C)=O.Cl. The van der Waals surface area contributed by atoms with Crippen molar-refractivity contribution in [2.75, 3.05) is 59.9 Å². The number of esters is 8. The number of aromatic amines is 2. The number of ether oxygens (including phenoxy) is 13. The zero-order valence-electron chi connectivity index (χ0n) is 60.1. The van der Waals surface area contributed by atoms with E-state index < -0.39 is 121 Å². The summed E-state index contributed by atoms with van der Waals surface area (Å²) in [6, 6.07) is 31.5. The van der Waals surface area contributed by atoms with E-state index in [-0.39, 0.29) is 78.1 Å². The predicted octanol–water partition coefficient (Wildman–Crippen LogP) is 10.1. The van der Waals surface area contributed by atoms with E-state index in [2.05, 4.69) is 15.3 Å². The summed E-state index contributed by atoms with van der Waals surface area (Å²) in [4.78, 5) is 150. The van der Waals surface area contributed by atoms with E-state index in [1.54, 1.807) is 116 Å². The van der Waals surface area contributed by atoms with Crippen LogP contribution >= 0.6 is 35.6 Å². The lowest BCUT2D eigenvalue weighted by molar-refractivity contribution is -0.282. The van der Waals surface area contributed by atoms with Gasteiger partial charge in [-0.2, -0.15) is 0 Å². The maximum absolute atomic E-state index is 14.4. The van der Waals surface area contributed by atoms with Crippen LogP contribution in [0.3, 0.4) is 0 Å². The molecule has 4 aliphatic rings. The number of anilines is 4. The summed E-state index contributed by atoms with van der Waals surface area (Å²) >= 11 is 13.0. The lowest BCUT2D eigenvalue weighted by Gasteiger charge is -2.43. The molecule has 12 atom stereocenters. The van der Waals surface area contributed by atoms with Crippen molar-refractivity contribution in [3.63, 3.8) is 0 Å². The van der Waals surface area contributed by atoms with Gasteiger partial charge in [-0.15, -0.1) is 35.6 Å². The molecule has 2 aromatic heterocycles. The van der Waals surface area contributed by atoms with Crippen LogP contribution < -0.4 is 30.3 Å². The number of H-pyrrole nitrogens is 2. The van der Waals surface area contributed by atoms with Crippen molar-refractivity contribution in [1.82, 2.24) is 9.97 Å². The average molecular weight is 1550 g/mol. The Morgan fingerprint density at radius 3 is 1.25 bits per heavy atom. The molecule has 0 bridgehead atoms. The fraction of sp³-hybridized carbons (Fsp3) is 0.373. The molecule has 2 saturated heterocycles. The molecule has 33 heteroatoms. The number of alkyl halides is 2. The molecule has 6 heterocycles. The smallest absolute Gasteiger partial charge is 0.412 e. The molecule has 6 aromatic carbocycles. The number of nitrogens with zero attached hydrogens (tertiary/aromatic N) is 2. The molecule has 0 unspecified atom stereocenters. The lowest BCUT2D eigenvalue weighted by Crippen LogP contribution is -2.64. The van der Waals surface area contributed by atoms with Crippen molar-refractivity contribution in [2.24, 2.45) is 0 Å². The van der Waals surface area contributed by atoms with Crippen LogP contribution in [-0.2, 0) is 90.5 Å². The number of methoxy groups -OCH3 is 2. The van der Waals surface area contributed by atoms with Gasteiger partial charge in [0.2, 0.25) is 24.8 Å². The standard InChI is InChI=1S/C40H42ClN3O13.C35H34ClN3O11.ClH/c1-19(45)52-32-33(53-20(2)46)35(54-21(3)47)38(56-34(32)37(49)51-7)55-30-16-29-31(26-11-9-8-10-25(26)30)23(17-41)18-44(29)36(48)28-15-22-14-24(12-13-27(22)43-28)42-39(50)57-40(4,5)6;1-16(40)46-29-30(47-17(2)41)32(48-18(3)42)35(50-31(29)34(44)45-4)49-27-13-26-28(23-8-6-5-7-22(23)27)20(14-36)15-39(26)33(43)25-12-19-11-21(37)9-10-24(19)38-25;/h8-16,23,32-35,38,43H,17-18H2,1-7H3,(H,42,50);5-13,20,29-32,35,38H,14-15,37H2,1-4H3;1H/t23-,32-,33+,34+,35-,38+;20-,29-,30+,31+,32-,35+;/m11./s1. The van der Waals surface area contributed by atoms with Crippen molar-refractivity contribution in [3.8, 4) is 11.5 Å². The van der Waals surface area contributed by atoms with E-state index >= 15 is 0 Å². The Kier molecular flexibility index (Phi) is 24.4. The topological polar surface area (TPSA) is 384 Å². The van der Waals surface area contributed by atoms with Crippen LogP contribution in [-0.4, -0.2) is 182 Å². The Morgan fingerprint density at radius 2 is 0.870 bits per heavy atom. The highest BCUT2D eigenvalue weighted by molar-refractivity contribution is 6.20. The Bertz CT molecular complexity index is 4860. The first-order chi connectivity index (χ1) is 50.9.